The van der Waals surface area contributed by atoms with Gasteiger partial charge in [-0.1, -0.05) is 50.1 Å². The lowest BCUT2D eigenvalue weighted by atomic mass is 9.42. The summed E-state index contributed by atoms with van der Waals surface area (Å²) in [7, 11) is 0. The molecule has 49 heavy (non-hydrogen) atoms. The summed E-state index contributed by atoms with van der Waals surface area (Å²) in [6.45, 7) is 11.9. The topological polar surface area (TPSA) is 157 Å². The second-order valence-corrected chi connectivity index (χ2v) is 15.3. The minimum absolute atomic E-state index is 0.0419. The Morgan fingerprint density at radius 1 is 0.918 bits per heavy atom. The summed E-state index contributed by atoms with van der Waals surface area (Å²) >= 11 is 0. The van der Waals surface area contributed by atoms with Crippen LogP contribution in [0.25, 0.3) is 6.08 Å². The van der Waals surface area contributed by atoms with Crippen molar-refractivity contribution in [3.63, 3.8) is 0 Å². The summed E-state index contributed by atoms with van der Waals surface area (Å²) in [5, 5.41) is 37.2. The van der Waals surface area contributed by atoms with E-state index >= 15 is 0 Å². The van der Waals surface area contributed by atoms with Crippen molar-refractivity contribution < 1.29 is 48.7 Å². The van der Waals surface area contributed by atoms with E-state index in [1.807, 2.05) is 33.8 Å². The fraction of sp³-hybridized carbons (Fsp3) is 0.590. The molecule has 3 fully saturated rings. The van der Waals surface area contributed by atoms with Crippen LogP contribution >= 0.6 is 0 Å². The van der Waals surface area contributed by atoms with E-state index in [2.05, 4.69) is 0 Å². The van der Waals surface area contributed by atoms with Gasteiger partial charge >= 0.3 is 17.9 Å². The van der Waals surface area contributed by atoms with Crippen molar-refractivity contribution in [2.24, 2.45) is 22.7 Å². The van der Waals surface area contributed by atoms with Crippen LogP contribution in [0.3, 0.4) is 0 Å². The molecule has 0 aromatic heterocycles. The van der Waals surface area contributed by atoms with Crippen molar-refractivity contribution in [3.05, 3.63) is 59.2 Å². The Hall–Kier alpha value is -3.60. The third-order valence-corrected chi connectivity index (χ3v) is 12.5. The molecule has 5 rings (SSSR count). The summed E-state index contributed by atoms with van der Waals surface area (Å²) in [5.41, 5.74) is -5.46. The smallest absolute Gasteiger partial charge is 0.331 e. The van der Waals surface area contributed by atoms with E-state index < -0.39 is 69.5 Å². The fourth-order valence-electron chi connectivity index (χ4n) is 9.16. The molecular formula is C39H50O10. The molecule has 3 saturated carbocycles. The van der Waals surface area contributed by atoms with Crippen molar-refractivity contribution in [2.45, 2.75) is 122 Å². The molecule has 10 nitrogen and oxygen atoms in total. The molecule has 0 amide bonds. The van der Waals surface area contributed by atoms with E-state index in [1.54, 1.807) is 37.3 Å². The summed E-state index contributed by atoms with van der Waals surface area (Å²) in [4.78, 5) is 50.3. The average molecular weight is 679 g/mol. The molecule has 0 saturated heterocycles. The van der Waals surface area contributed by atoms with Gasteiger partial charge in [-0.3, -0.25) is 9.59 Å². The number of benzene rings is 1. The molecule has 8 atom stereocenters. The Kier molecular flexibility index (Phi) is 9.68. The van der Waals surface area contributed by atoms with Gasteiger partial charge in [0.25, 0.3) is 0 Å². The second kappa shape index (κ2) is 12.9. The summed E-state index contributed by atoms with van der Waals surface area (Å²) in [6.07, 6.45) is 6.38. The van der Waals surface area contributed by atoms with Crippen LogP contribution < -0.4 is 4.74 Å². The number of rotatable bonds is 8. The number of aliphatic hydroxyl groups is 3. The van der Waals surface area contributed by atoms with Gasteiger partial charge in [-0.05, 0) is 94.4 Å². The highest BCUT2D eigenvalue weighted by Gasteiger charge is 2.81. The first-order chi connectivity index (χ1) is 22.8. The lowest BCUT2D eigenvalue weighted by molar-refractivity contribution is -0.314. The average Bonchev–Trinajstić information content (AvgIpc) is 3.26. The van der Waals surface area contributed by atoms with Gasteiger partial charge in [-0.15, -0.1) is 0 Å². The van der Waals surface area contributed by atoms with Gasteiger partial charge in [0.15, 0.2) is 5.78 Å². The number of hydrogen-bond donors (Lipinski definition) is 3. The maximum absolute atomic E-state index is 13.3. The van der Waals surface area contributed by atoms with Crippen LogP contribution in [0.1, 0.15) is 99.0 Å². The molecule has 1 aromatic carbocycles. The van der Waals surface area contributed by atoms with Crippen molar-refractivity contribution >= 4 is 29.8 Å². The first kappa shape index (κ1) is 36.7. The van der Waals surface area contributed by atoms with Crippen molar-refractivity contribution in [1.29, 1.82) is 0 Å². The third-order valence-electron chi connectivity index (χ3n) is 12.5. The standard InChI is InChI=1S/C39H50O10/c1-23(2)24(3)20-34(43)49-32-22-31-35(6)16-15-30(48-33(42)13-10-27-8-11-29(12-9-27)47-26(5)41)21-28(35)14-17-38(31,45)39(46)19-18-37(44,25(4)40)36(32,39)7/h8-14,20,23,30-32,44-46H,15-19,21-22H2,1-7H3/b13-10+,24-20+/t30-,31+,32+,35-,36+,37+,38-,39+/m0/s1. The van der Waals surface area contributed by atoms with Gasteiger partial charge in [-0.25, -0.2) is 9.59 Å². The number of fused-ring (bicyclic) bond motifs is 5. The van der Waals surface area contributed by atoms with E-state index in [-0.39, 0.29) is 31.6 Å². The zero-order valence-corrected chi connectivity index (χ0v) is 29.6. The van der Waals surface area contributed by atoms with Gasteiger partial charge in [0.05, 0.1) is 5.41 Å². The first-order valence-corrected chi connectivity index (χ1v) is 17.2. The Morgan fingerprint density at radius 3 is 2.20 bits per heavy atom. The van der Waals surface area contributed by atoms with E-state index in [4.69, 9.17) is 14.2 Å². The maximum atomic E-state index is 13.3. The van der Waals surface area contributed by atoms with E-state index in [0.29, 0.717) is 25.0 Å². The molecule has 0 spiro atoms. The molecule has 3 N–H and O–H groups in total. The van der Waals surface area contributed by atoms with Crippen LogP contribution in [-0.4, -0.2) is 68.0 Å². The minimum Gasteiger partial charge on any atom is -0.459 e. The highest BCUT2D eigenvalue weighted by Crippen LogP contribution is 2.71. The quantitative estimate of drug-likeness (QED) is 0.145. The number of hydrogen-bond acceptors (Lipinski definition) is 10. The molecule has 0 radical (unpaired) electrons. The number of allylic oxidation sites excluding steroid dienone is 1. The second-order valence-electron chi connectivity index (χ2n) is 15.3. The monoisotopic (exact) mass is 678 g/mol. The molecular weight excluding hydrogens is 628 g/mol. The third kappa shape index (κ3) is 5.99. The van der Waals surface area contributed by atoms with Crippen molar-refractivity contribution in [3.8, 4) is 5.75 Å². The highest BCUT2D eigenvalue weighted by atomic mass is 16.6. The lowest BCUT2D eigenvalue weighted by Gasteiger charge is -2.67. The Labute approximate surface area is 288 Å². The maximum Gasteiger partial charge on any atom is 0.331 e. The molecule has 0 heterocycles. The minimum atomic E-state index is -2.02. The normalized spacial score (nSPS) is 37.1. The molecule has 0 unspecified atom stereocenters. The Morgan fingerprint density at radius 2 is 1.59 bits per heavy atom. The molecule has 0 aliphatic heterocycles. The molecule has 0 bridgehead atoms. The van der Waals surface area contributed by atoms with Gasteiger partial charge < -0.3 is 29.5 Å². The van der Waals surface area contributed by atoms with E-state index in [1.165, 1.54) is 26.0 Å². The number of ketones is 1. The molecule has 1 aromatic rings. The number of carbonyl (C=O) groups excluding carboxylic acids is 4. The van der Waals surface area contributed by atoms with Gasteiger partial charge in [0.2, 0.25) is 0 Å². The Bertz CT molecular complexity index is 1610. The van der Waals surface area contributed by atoms with Gasteiger partial charge in [-0.2, -0.15) is 0 Å². The van der Waals surface area contributed by atoms with Crippen LogP contribution in [0.4, 0.5) is 0 Å². The number of esters is 3. The summed E-state index contributed by atoms with van der Waals surface area (Å²) < 4.78 is 17.0. The van der Waals surface area contributed by atoms with Gasteiger partial charge in [0.1, 0.15) is 34.8 Å². The predicted molar refractivity (Wildman–Crippen MR) is 181 cm³/mol. The van der Waals surface area contributed by atoms with Crippen molar-refractivity contribution in [2.75, 3.05) is 0 Å². The SMILES string of the molecule is CC(=O)Oc1ccc(/C=C/C(=O)O[C@H]2CC[C@@]3(C)C(=CC[C@]4(O)[C@@H]3C[C@@H](OC(=O)/C=C(\C)C(C)C)[C@@]3(C)[C@]4(O)CC[C@@]3(O)C(C)=O)C2)cc1. The first-order valence-electron chi connectivity index (χ1n) is 17.2. The number of ether oxygens (including phenoxy) is 3. The van der Waals surface area contributed by atoms with E-state index in [9.17, 15) is 34.5 Å². The molecule has 4 aliphatic rings. The van der Waals surface area contributed by atoms with Crippen LogP contribution in [0.2, 0.25) is 0 Å². The number of carbonyl (C=O) groups is 4. The largest absolute Gasteiger partial charge is 0.459 e. The Balaban J connectivity index is 1.39. The number of Topliss-reactive ketones (excluding diaryl/α,β-unsaturated/α-hetero) is 1. The van der Waals surface area contributed by atoms with Crippen LogP contribution in [0, 0.1) is 22.7 Å². The summed E-state index contributed by atoms with van der Waals surface area (Å²) in [6, 6.07) is 6.71. The predicted octanol–water partition coefficient (Wildman–Crippen LogP) is 5.17. The van der Waals surface area contributed by atoms with Gasteiger partial charge in [0, 0.05) is 31.4 Å². The van der Waals surface area contributed by atoms with Crippen LogP contribution in [0.5, 0.6) is 5.75 Å². The zero-order valence-electron chi connectivity index (χ0n) is 29.6. The van der Waals surface area contributed by atoms with Crippen molar-refractivity contribution in [1.82, 2.24) is 0 Å². The zero-order chi connectivity index (χ0) is 36.2. The van der Waals surface area contributed by atoms with E-state index in [0.717, 1.165) is 16.7 Å². The molecule has 4 aliphatic carbocycles. The highest BCUT2D eigenvalue weighted by molar-refractivity contribution is 5.88. The van der Waals surface area contributed by atoms with Crippen LogP contribution in [-0.2, 0) is 28.7 Å². The lowest BCUT2D eigenvalue weighted by Crippen LogP contribution is -2.78. The molecule has 266 valence electrons. The fourth-order valence-corrected chi connectivity index (χ4v) is 9.16. The summed E-state index contributed by atoms with van der Waals surface area (Å²) in [5.74, 6) is -2.16. The molecule has 10 heteroatoms. The van der Waals surface area contributed by atoms with Crippen LogP contribution in [0.15, 0.2) is 53.6 Å².